The molecule has 3 aromatic rings. The van der Waals surface area contributed by atoms with Crippen LogP contribution in [0.4, 0.5) is 0 Å². The molecule has 0 spiro atoms. The Bertz CT molecular complexity index is 899. The second-order valence-electron chi connectivity index (χ2n) is 6.76. The molecule has 0 amide bonds. The fourth-order valence-electron chi connectivity index (χ4n) is 3.09. The van der Waals surface area contributed by atoms with E-state index in [0.29, 0.717) is 0 Å². The lowest BCUT2D eigenvalue weighted by molar-refractivity contribution is 0.123. The lowest BCUT2D eigenvalue weighted by Crippen LogP contribution is -2.14. The Labute approximate surface area is 154 Å². The molecule has 2 N–H and O–H groups in total. The highest BCUT2D eigenvalue weighted by molar-refractivity contribution is 6.11. The fraction of sp³-hybridized carbons (Fsp3) is 0.364. The Kier molecular flexibility index (Phi) is 5.64. The van der Waals surface area contributed by atoms with Gasteiger partial charge < -0.3 is 19.7 Å². The second-order valence-corrected chi connectivity index (χ2v) is 6.76. The first kappa shape index (κ1) is 18.5. The molecule has 0 saturated heterocycles. The molecule has 4 nitrogen and oxygen atoms in total. The van der Waals surface area contributed by atoms with Gasteiger partial charge in [-0.1, -0.05) is 43.3 Å². The van der Waals surface area contributed by atoms with Gasteiger partial charge in [0.15, 0.2) is 0 Å². The quantitative estimate of drug-likeness (QED) is 0.628. The van der Waals surface area contributed by atoms with Crippen LogP contribution in [-0.2, 0) is 6.42 Å². The minimum absolute atomic E-state index is 0.225. The third-order valence-electron chi connectivity index (χ3n) is 4.34. The van der Waals surface area contributed by atoms with Gasteiger partial charge in [0, 0.05) is 21.5 Å². The van der Waals surface area contributed by atoms with E-state index < -0.39 is 12.2 Å². The van der Waals surface area contributed by atoms with E-state index in [1.54, 1.807) is 13.8 Å². The minimum atomic E-state index is -0.552. The molecule has 0 aliphatic carbocycles. The topological polar surface area (TPSA) is 58.9 Å². The number of rotatable bonds is 7. The first-order valence-electron chi connectivity index (χ1n) is 9.10. The maximum absolute atomic E-state index is 9.68. The molecular weight excluding hydrogens is 328 g/mol. The maximum atomic E-state index is 9.68. The third kappa shape index (κ3) is 3.76. The lowest BCUT2D eigenvalue weighted by atomic mass is 9.98. The van der Waals surface area contributed by atoms with Crippen LogP contribution in [0.3, 0.4) is 0 Å². The molecule has 0 radical (unpaired) electrons. The molecule has 0 saturated carbocycles. The van der Waals surface area contributed by atoms with Gasteiger partial charge in [-0.2, -0.15) is 0 Å². The van der Waals surface area contributed by atoms with Crippen molar-refractivity contribution >= 4 is 21.5 Å². The summed E-state index contributed by atoms with van der Waals surface area (Å²) in [6, 6.07) is 14.2. The summed E-state index contributed by atoms with van der Waals surface area (Å²) in [7, 11) is 0. The van der Waals surface area contributed by atoms with Crippen LogP contribution < -0.4 is 9.47 Å². The molecule has 0 aromatic heterocycles. The Morgan fingerprint density at radius 3 is 1.77 bits per heavy atom. The van der Waals surface area contributed by atoms with E-state index in [4.69, 9.17) is 9.47 Å². The molecule has 2 unspecified atom stereocenters. The normalized spacial score (nSPS) is 13.7. The smallest absolute Gasteiger partial charge is 0.135 e. The molecule has 4 heteroatoms. The first-order valence-corrected chi connectivity index (χ1v) is 9.10. The van der Waals surface area contributed by atoms with Crippen LogP contribution in [0, 0.1) is 0 Å². The minimum Gasteiger partial charge on any atom is -0.490 e. The summed E-state index contributed by atoms with van der Waals surface area (Å²) in [4.78, 5) is 0. The monoisotopic (exact) mass is 354 g/mol. The Balaban J connectivity index is 2.29. The average molecular weight is 354 g/mol. The van der Waals surface area contributed by atoms with E-state index in [-0.39, 0.29) is 13.2 Å². The van der Waals surface area contributed by atoms with Gasteiger partial charge in [-0.05, 0) is 31.9 Å². The van der Waals surface area contributed by atoms with Crippen molar-refractivity contribution in [2.24, 2.45) is 0 Å². The molecule has 3 rings (SSSR count). The standard InChI is InChI=1S/C22H26O4/c1-4-16-9-10-19-20(11-16)22(26-13-15(3)24)18-8-6-5-7-17(18)21(19)25-12-14(2)23/h5-11,14-15,23-24H,4,12-13H2,1-3H3. The van der Waals surface area contributed by atoms with Crippen molar-refractivity contribution in [3.63, 3.8) is 0 Å². The molecule has 0 bridgehead atoms. The molecule has 3 aromatic carbocycles. The molecule has 2 atom stereocenters. The number of aliphatic hydroxyl groups is 2. The predicted octanol–water partition coefficient (Wildman–Crippen LogP) is 4.07. The van der Waals surface area contributed by atoms with Crippen molar-refractivity contribution in [2.75, 3.05) is 13.2 Å². The van der Waals surface area contributed by atoms with E-state index >= 15 is 0 Å². The summed E-state index contributed by atoms with van der Waals surface area (Å²) >= 11 is 0. The van der Waals surface area contributed by atoms with Gasteiger partial charge in [0.05, 0.1) is 12.2 Å². The SMILES string of the molecule is CCc1ccc2c(OCC(C)O)c3ccccc3c(OCC(C)O)c2c1. The van der Waals surface area contributed by atoms with Gasteiger partial charge in [-0.3, -0.25) is 0 Å². The summed E-state index contributed by atoms with van der Waals surface area (Å²) in [5.41, 5.74) is 1.20. The van der Waals surface area contributed by atoms with E-state index in [9.17, 15) is 10.2 Å². The number of aliphatic hydroxyl groups excluding tert-OH is 2. The number of aryl methyl sites for hydroxylation is 1. The van der Waals surface area contributed by atoms with Gasteiger partial charge in [0.1, 0.15) is 24.7 Å². The van der Waals surface area contributed by atoms with Crippen LogP contribution in [0.5, 0.6) is 11.5 Å². The van der Waals surface area contributed by atoms with E-state index in [0.717, 1.165) is 39.5 Å². The van der Waals surface area contributed by atoms with Gasteiger partial charge in [0.25, 0.3) is 0 Å². The zero-order chi connectivity index (χ0) is 18.7. The Morgan fingerprint density at radius 1 is 0.769 bits per heavy atom. The van der Waals surface area contributed by atoms with Crippen LogP contribution in [-0.4, -0.2) is 35.6 Å². The van der Waals surface area contributed by atoms with Crippen molar-refractivity contribution < 1.29 is 19.7 Å². The third-order valence-corrected chi connectivity index (χ3v) is 4.34. The number of fused-ring (bicyclic) bond motifs is 2. The highest BCUT2D eigenvalue weighted by atomic mass is 16.5. The summed E-state index contributed by atoms with van der Waals surface area (Å²) in [5, 5.41) is 23.1. The maximum Gasteiger partial charge on any atom is 0.135 e. The molecule has 0 heterocycles. The highest BCUT2D eigenvalue weighted by Gasteiger charge is 2.17. The number of ether oxygens (including phenoxy) is 2. The molecule has 26 heavy (non-hydrogen) atoms. The van der Waals surface area contributed by atoms with Crippen LogP contribution in [0.25, 0.3) is 21.5 Å². The van der Waals surface area contributed by atoms with Gasteiger partial charge in [-0.15, -0.1) is 0 Å². The molecule has 0 aliphatic heterocycles. The molecule has 138 valence electrons. The predicted molar refractivity (Wildman–Crippen MR) is 105 cm³/mol. The van der Waals surface area contributed by atoms with E-state index in [1.165, 1.54) is 5.56 Å². The summed E-state index contributed by atoms with van der Waals surface area (Å²) in [5.74, 6) is 1.51. The summed E-state index contributed by atoms with van der Waals surface area (Å²) in [6.07, 6.45) is -0.183. The Morgan fingerprint density at radius 2 is 1.27 bits per heavy atom. The van der Waals surface area contributed by atoms with Gasteiger partial charge in [0.2, 0.25) is 0 Å². The summed E-state index contributed by atoms with van der Waals surface area (Å²) < 4.78 is 12.0. The lowest BCUT2D eigenvalue weighted by Gasteiger charge is -2.19. The molecular formula is C22H26O4. The number of hydrogen-bond acceptors (Lipinski definition) is 4. The highest BCUT2D eigenvalue weighted by Crippen LogP contribution is 2.43. The largest absolute Gasteiger partial charge is 0.490 e. The molecule has 0 fully saturated rings. The summed E-state index contributed by atoms with van der Waals surface area (Å²) in [6.45, 7) is 5.98. The zero-order valence-corrected chi connectivity index (χ0v) is 15.5. The van der Waals surface area contributed by atoms with Crippen molar-refractivity contribution in [2.45, 2.75) is 39.4 Å². The van der Waals surface area contributed by atoms with Gasteiger partial charge in [-0.25, -0.2) is 0 Å². The van der Waals surface area contributed by atoms with Crippen molar-refractivity contribution in [3.05, 3.63) is 48.0 Å². The second kappa shape index (κ2) is 7.94. The first-order chi connectivity index (χ1) is 12.5. The van der Waals surface area contributed by atoms with Crippen LogP contribution in [0.1, 0.15) is 26.3 Å². The molecule has 0 aliphatic rings. The van der Waals surface area contributed by atoms with Crippen molar-refractivity contribution in [1.82, 2.24) is 0 Å². The van der Waals surface area contributed by atoms with E-state index in [2.05, 4.69) is 19.1 Å². The van der Waals surface area contributed by atoms with Crippen LogP contribution in [0.15, 0.2) is 42.5 Å². The van der Waals surface area contributed by atoms with E-state index in [1.807, 2.05) is 30.3 Å². The average Bonchev–Trinajstić information content (AvgIpc) is 2.63. The van der Waals surface area contributed by atoms with Crippen LogP contribution in [0.2, 0.25) is 0 Å². The Hall–Kier alpha value is -2.30. The van der Waals surface area contributed by atoms with Crippen LogP contribution >= 0.6 is 0 Å². The fourth-order valence-corrected chi connectivity index (χ4v) is 3.09. The van der Waals surface area contributed by atoms with Gasteiger partial charge >= 0.3 is 0 Å². The number of hydrogen-bond donors (Lipinski definition) is 2. The van der Waals surface area contributed by atoms with Crippen molar-refractivity contribution in [1.29, 1.82) is 0 Å². The zero-order valence-electron chi connectivity index (χ0n) is 15.5. The van der Waals surface area contributed by atoms with Crippen molar-refractivity contribution in [3.8, 4) is 11.5 Å². The number of benzene rings is 3.